The first kappa shape index (κ1) is 21.3. The van der Waals surface area contributed by atoms with Crippen molar-refractivity contribution in [2.24, 2.45) is 0 Å². The van der Waals surface area contributed by atoms with E-state index in [2.05, 4.69) is 4.90 Å². The molecule has 1 saturated heterocycles. The van der Waals surface area contributed by atoms with Gasteiger partial charge in [-0.05, 0) is 42.4 Å². The molecule has 1 fully saturated rings. The van der Waals surface area contributed by atoms with Crippen LogP contribution in [0.15, 0.2) is 91.0 Å². The molecule has 4 nitrogen and oxygen atoms in total. The molecule has 1 aliphatic heterocycles. The van der Waals surface area contributed by atoms with Gasteiger partial charge in [-0.2, -0.15) is 0 Å². The fraction of sp³-hybridized carbons (Fsp3) is 0.296. The number of hydrogen-bond donors (Lipinski definition) is 2. The first-order valence-corrected chi connectivity index (χ1v) is 10.9. The molecule has 0 aromatic heterocycles. The van der Waals surface area contributed by atoms with Crippen LogP contribution < -0.4 is 0 Å². The number of likely N-dealkylation sites (tertiary alicyclic amines) is 1. The van der Waals surface area contributed by atoms with Crippen LogP contribution in [0.4, 0.5) is 0 Å². The Balaban J connectivity index is 1.64. The Labute approximate surface area is 183 Å². The Kier molecular flexibility index (Phi) is 6.21. The maximum Gasteiger partial charge on any atom is 0.328 e. The summed E-state index contributed by atoms with van der Waals surface area (Å²) in [6.07, 6.45) is 2.15. The smallest absolute Gasteiger partial charge is 0.328 e. The molecule has 2 N–H and O–H groups in total. The lowest BCUT2D eigenvalue weighted by Crippen LogP contribution is -2.57. The number of aryl methyl sites for hydroxylation is 1. The second-order valence-corrected chi connectivity index (χ2v) is 8.40. The molecule has 4 heteroatoms. The first-order valence-electron chi connectivity index (χ1n) is 10.9. The number of nitrogens with zero attached hydrogens (tertiary/aromatic N) is 1. The van der Waals surface area contributed by atoms with E-state index in [9.17, 15) is 15.0 Å². The fourth-order valence-electron chi connectivity index (χ4n) is 4.83. The maximum atomic E-state index is 12.9. The number of piperidine rings is 1. The van der Waals surface area contributed by atoms with E-state index in [-0.39, 0.29) is 0 Å². The van der Waals surface area contributed by atoms with Crippen molar-refractivity contribution in [3.63, 3.8) is 0 Å². The summed E-state index contributed by atoms with van der Waals surface area (Å²) in [6.45, 7) is 1.03. The number of benzene rings is 3. The lowest BCUT2D eigenvalue weighted by molar-refractivity contribution is -0.157. The normalized spacial score (nSPS) is 18.2. The molecule has 0 saturated carbocycles. The van der Waals surface area contributed by atoms with Gasteiger partial charge in [-0.3, -0.25) is 4.90 Å². The standard InChI is InChI=1S/C27H29NO3/c29-25(30)27(24-14-8-3-9-15-24,17-16-22-10-4-1-5-11-22)28-20-18-26(31,19-21-28)23-12-6-2-7-13-23/h1-15,31H,16-21H2,(H,29,30)/t27-/m0/s1. The van der Waals surface area contributed by atoms with Gasteiger partial charge in [0, 0.05) is 13.1 Å². The zero-order chi connectivity index (χ0) is 21.7. The van der Waals surface area contributed by atoms with Crippen LogP contribution in [0.25, 0.3) is 0 Å². The van der Waals surface area contributed by atoms with Crippen LogP contribution in [-0.2, 0) is 22.4 Å². The number of carbonyl (C=O) groups is 1. The van der Waals surface area contributed by atoms with E-state index in [4.69, 9.17) is 0 Å². The van der Waals surface area contributed by atoms with E-state index >= 15 is 0 Å². The highest BCUT2D eigenvalue weighted by molar-refractivity contribution is 5.81. The molecule has 1 atom stereocenters. The van der Waals surface area contributed by atoms with Crippen molar-refractivity contribution in [1.29, 1.82) is 0 Å². The van der Waals surface area contributed by atoms with Crippen molar-refractivity contribution < 1.29 is 15.0 Å². The summed E-state index contributed by atoms with van der Waals surface area (Å²) < 4.78 is 0. The number of rotatable bonds is 7. The van der Waals surface area contributed by atoms with Crippen molar-refractivity contribution in [2.45, 2.75) is 36.8 Å². The average molecular weight is 416 g/mol. The zero-order valence-corrected chi connectivity index (χ0v) is 17.7. The average Bonchev–Trinajstić information content (AvgIpc) is 2.82. The lowest BCUT2D eigenvalue weighted by Gasteiger charge is -2.47. The monoisotopic (exact) mass is 415 g/mol. The molecule has 1 heterocycles. The van der Waals surface area contributed by atoms with Gasteiger partial charge in [-0.25, -0.2) is 4.79 Å². The van der Waals surface area contributed by atoms with Crippen molar-refractivity contribution in [1.82, 2.24) is 4.90 Å². The molecule has 0 radical (unpaired) electrons. The van der Waals surface area contributed by atoms with Crippen molar-refractivity contribution in [3.8, 4) is 0 Å². The quantitative estimate of drug-likeness (QED) is 0.593. The molecule has 31 heavy (non-hydrogen) atoms. The third kappa shape index (κ3) is 4.27. The summed E-state index contributed by atoms with van der Waals surface area (Å²) in [5.41, 5.74) is 0.776. The van der Waals surface area contributed by atoms with Gasteiger partial charge in [-0.1, -0.05) is 91.0 Å². The van der Waals surface area contributed by atoms with Crippen LogP contribution in [0, 0.1) is 0 Å². The Morgan fingerprint density at radius 3 is 1.90 bits per heavy atom. The van der Waals surface area contributed by atoms with Gasteiger partial charge in [0.25, 0.3) is 0 Å². The van der Waals surface area contributed by atoms with Gasteiger partial charge in [0.05, 0.1) is 5.60 Å². The van der Waals surface area contributed by atoms with Crippen LogP contribution in [0.5, 0.6) is 0 Å². The minimum absolute atomic E-state index is 0.472. The van der Waals surface area contributed by atoms with Crippen molar-refractivity contribution in [2.75, 3.05) is 13.1 Å². The minimum Gasteiger partial charge on any atom is -0.480 e. The summed E-state index contributed by atoms with van der Waals surface area (Å²) in [5.74, 6) is -0.834. The summed E-state index contributed by atoms with van der Waals surface area (Å²) in [7, 11) is 0. The Morgan fingerprint density at radius 2 is 1.35 bits per heavy atom. The Morgan fingerprint density at radius 1 is 0.839 bits per heavy atom. The summed E-state index contributed by atoms with van der Waals surface area (Å²) in [6, 6.07) is 29.3. The van der Waals surface area contributed by atoms with Gasteiger partial charge in [0.15, 0.2) is 0 Å². The molecular weight excluding hydrogens is 386 g/mol. The predicted octanol–water partition coefficient (Wildman–Crippen LogP) is 4.58. The lowest BCUT2D eigenvalue weighted by atomic mass is 9.78. The predicted molar refractivity (Wildman–Crippen MR) is 122 cm³/mol. The van der Waals surface area contributed by atoms with Gasteiger partial charge in [0.2, 0.25) is 0 Å². The van der Waals surface area contributed by atoms with Gasteiger partial charge in [-0.15, -0.1) is 0 Å². The van der Waals surface area contributed by atoms with Crippen molar-refractivity contribution in [3.05, 3.63) is 108 Å². The molecule has 3 aromatic rings. The topological polar surface area (TPSA) is 60.8 Å². The Hall–Kier alpha value is -2.95. The number of aliphatic hydroxyl groups is 1. The number of hydrogen-bond acceptors (Lipinski definition) is 3. The third-order valence-electron chi connectivity index (χ3n) is 6.67. The SMILES string of the molecule is O=C(O)[C@](CCc1ccccc1)(c1ccccc1)N1CCC(O)(c2ccccc2)CC1. The number of carboxylic acid groups (broad SMARTS) is 1. The molecule has 0 spiro atoms. The van der Waals surface area contributed by atoms with Crippen LogP contribution in [0.3, 0.4) is 0 Å². The van der Waals surface area contributed by atoms with E-state index in [0.717, 1.165) is 16.7 Å². The van der Waals surface area contributed by atoms with E-state index in [1.54, 1.807) is 0 Å². The van der Waals surface area contributed by atoms with E-state index in [1.807, 2.05) is 91.0 Å². The van der Waals surface area contributed by atoms with E-state index in [0.29, 0.717) is 38.8 Å². The fourth-order valence-corrected chi connectivity index (χ4v) is 4.83. The van der Waals surface area contributed by atoms with Gasteiger partial charge < -0.3 is 10.2 Å². The van der Waals surface area contributed by atoms with Crippen molar-refractivity contribution >= 4 is 5.97 Å². The summed E-state index contributed by atoms with van der Waals surface area (Å²) >= 11 is 0. The van der Waals surface area contributed by atoms with Gasteiger partial charge >= 0.3 is 5.97 Å². The van der Waals surface area contributed by atoms with Crippen LogP contribution >= 0.6 is 0 Å². The molecule has 0 unspecified atom stereocenters. The molecule has 0 amide bonds. The molecule has 4 rings (SSSR count). The molecule has 0 bridgehead atoms. The van der Waals surface area contributed by atoms with Crippen LogP contribution in [-0.4, -0.2) is 34.2 Å². The first-order chi connectivity index (χ1) is 15.0. The molecule has 0 aliphatic carbocycles. The van der Waals surface area contributed by atoms with E-state index in [1.165, 1.54) is 0 Å². The second-order valence-electron chi connectivity index (χ2n) is 8.40. The molecular formula is C27H29NO3. The zero-order valence-electron chi connectivity index (χ0n) is 17.7. The second kappa shape index (κ2) is 9.04. The van der Waals surface area contributed by atoms with Crippen LogP contribution in [0.2, 0.25) is 0 Å². The maximum absolute atomic E-state index is 12.9. The largest absolute Gasteiger partial charge is 0.480 e. The Bertz CT molecular complexity index is 983. The minimum atomic E-state index is -1.13. The molecule has 160 valence electrons. The summed E-state index contributed by atoms with van der Waals surface area (Å²) in [4.78, 5) is 14.9. The summed E-state index contributed by atoms with van der Waals surface area (Å²) in [5, 5.41) is 21.8. The third-order valence-corrected chi connectivity index (χ3v) is 6.67. The highest BCUT2D eigenvalue weighted by Crippen LogP contribution is 2.41. The number of carboxylic acids is 1. The molecule has 1 aliphatic rings. The van der Waals surface area contributed by atoms with Crippen LogP contribution in [0.1, 0.15) is 36.0 Å². The van der Waals surface area contributed by atoms with E-state index < -0.39 is 17.1 Å². The number of aliphatic carboxylic acids is 1. The highest BCUT2D eigenvalue weighted by Gasteiger charge is 2.48. The molecule has 3 aromatic carbocycles. The van der Waals surface area contributed by atoms with Gasteiger partial charge in [0.1, 0.15) is 5.54 Å². The highest BCUT2D eigenvalue weighted by atomic mass is 16.4.